The summed E-state index contributed by atoms with van der Waals surface area (Å²) in [5, 5.41) is 10.3. The molecule has 2 aliphatic rings. The number of hydrogen-bond acceptors (Lipinski definition) is 2. The van der Waals surface area contributed by atoms with Crippen molar-refractivity contribution in [2.24, 2.45) is 5.92 Å². The molecule has 0 amide bonds. The van der Waals surface area contributed by atoms with E-state index in [-0.39, 0.29) is 5.60 Å². The Balaban J connectivity index is 1.96. The fourth-order valence-corrected chi connectivity index (χ4v) is 2.63. The SMILES string of the molecule is OC1(C2CCOCC2)CCCC1. The summed E-state index contributed by atoms with van der Waals surface area (Å²) in [4.78, 5) is 0. The van der Waals surface area contributed by atoms with Crippen LogP contribution in [0.2, 0.25) is 0 Å². The number of ether oxygens (including phenoxy) is 1. The normalized spacial score (nSPS) is 30.8. The molecule has 0 atom stereocenters. The van der Waals surface area contributed by atoms with Gasteiger partial charge >= 0.3 is 0 Å². The highest BCUT2D eigenvalue weighted by atomic mass is 16.5. The van der Waals surface area contributed by atoms with Gasteiger partial charge in [0.1, 0.15) is 0 Å². The van der Waals surface area contributed by atoms with Gasteiger partial charge in [0.15, 0.2) is 0 Å². The van der Waals surface area contributed by atoms with Crippen LogP contribution in [0.1, 0.15) is 38.5 Å². The van der Waals surface area contributed by atoms with Gasteiger partial charge in [0.05, 0.1) is 5.60 Å². The first-order valence-electron chi connectivity index (χ1n) is 5.11. The van der Waals surface area contributed by atoms with E-state index in [0.717, 1.165) is 38.9 Å². The van der Waals surface area contributed by atoms with E-state index in [1.165, 1.54) is 12.8 Å². The highest BCUT2D eigenvalue weighted by molar-refractivity contribution is 4.91. The largest absolute Gasteiger partial charge is 0.390 e. The third-order valence-corrected chi connectivity index (χ3v) is 3.45. The molecule has 0 aromatic rings. The Morgan fingerprint density at radius 1 is 1.08 bits per heavy atom. The Morgan fingerprint density at radius 2 is 1.67 bits per heavy atom. The number of hydrogen-bond donors (Lipinski definition) is 1. The summed E-state index contributed by atoms with van der Waals surface area (Å²) in [6.07, 6.45) is 6.62. The van der Waals surface area contributed by atoms with Crippen LogP contribution >= 0.6 is 0 Å². The summed E-state index contributed by atoms with van der Waals surface area (Å²) < 4.78 is 5.29. The summed E-state index contributed by atoms with van der Waals surface area (Å²) in [6.45, 7) is 1.71. The fourth-order valence-electron chi connectivity index (χ4n) is 2.63. The minimum Gasteiger partial charge on any atom is -0.390 e. The van der Waals surface area contributed by atoms with Crippen LogP contribution in [-0.4, -0.2) is 23.9 Å². The molecule has 0 unspecified atom stereocenters. The topological polar surface area (TPSA) is 29.5 Å². The third-order valence-electron chi connectivity index (χ3n) is 3.45. The molecule has 0 aromatic carbocycles. The molecule has 0 radical (unpaired) electrons. The monoisotopic (exact) mass is 170 g/mol. The molecule has 2 heteroatoms. The van der Waals surface area contributed by atoms with Crippen molar-refractivity contribution in [3.05, 3.63) is 0 Å². The van der Waals surface area contributed by atoms with E-state index in [1.54, 1.807) is 0 Å². The highest BCUT2D eigenvalue weighted by Gasteiger charge is 2.39. The predicted octanol–water partition coefficient (Wildman–Crippen LogP) is 1.72. The maximum absolute atomic E-state index is 10.3. The van der Waals surface area contributed by atoms with Gasteiger partial charge in [-0.1, -0.05) is 12.8 Å². The van der Waals surface area contributed by atoms with Gasteiger partial charge in [-0.15, -0.1) is 0 Å². The zero-order valence-electron chi connectivity index (χ0n) is 7.59. The molecular weight excluding hydrogens is 152 g/mol. The lowest BCUT2D eigenvalue weighted by Gasteiger charge is -2.35. The molecule has 1 N–H and O–H groups in total. The van der Waals surface area contributed by atoms with Crippen LogP contribution in [0.15, 0.2) is 0 Å². The number of aliphatic hydroxyl groups is 1. The van der Waals surface area contributed by atoms with Crippen molar-refractivity contribution in [2.45, 2.75) is 44.1 Å². The zero-order valence-corrected chi connectivity index (χ0v) is 7.59. The van der Waals surface area contributed by atoms with E-state index >= 15 is 0 Å². The summed E-state index contributed by atoms with van der Waals surface area (Å²) in [5.41, 5.74) is -0.316. The molecule has 2 nitrogen and oxygen atoms in total. The average molecular weight is 170 g/mol. The van der Waals surface area contributed by atoms with Crippen molar-refractivity contribution in [1.29, 1.82) is 0 Å². The van der Waals surface area contributed by atoms with Gasteiger partial charge in [-0.3, -0.25) is 0 Å². The molecule has 0 aromatic heterocycles. The predicted molar refractivity (Wildman–Crippen MR) is 47.0 cm³/mol. The van der Waals surface area contributed by atoms with Crippen LogP contribution in [0.25, 0.3) is 0 Å². The van der Waals surface area contributed by atoms with Crippen LogP contribution in [0, 0.1) is 5.92 Å². The second-order valence-electron chi connectivity index (χ2n) is 4.20. The smallest absolute Gasteiger partial charge is 0.0677 e. The molecule has 0 bridgehead atoms. The van der Waals surface area contributed by atoms with Crippen LogP contribution in [0.4, 0.5) is 0 Å². The Kier molecular flexibility index (Phi) is 2.37. The molecule has 2 rings (SSSR count). The van der Waals surface area contributed by atoms with E-state index in [2.05, 4.69) is 0 Å². The fraction of sp³-hybridized carbons (Fsp3) is 1.00. The maximum Gasteiger partial charge on any atom is 0.0677 e. The summed E-state index contributed by atoms with van der Waals surface area (Å²) in [5.74, 6) is 0.522. The summed E-state index contributed by atoms with van der Waals surface area (Å²) >= 11 is 0. The third kappa shape index (κ3) is 1.50. The lowest BCUT2D eigenvalue weighted by Crippen LogP contribution is -2.38. The highest BCUT2D eigenvalue weighted by Crippen LogP contribution is 2.40. The lowest BCUT2D eigenvalue weighted by molar-refractivity contribution is -0.0608. The molecule has 2 fully saturated rings. The van der Waals surface area contributed by atoms with E-state index in [0.29, 0.717) is 5.92 Å². The van der Waals surface area contributed by atoms with E-state index < -0.39 is 0 Å². The quantitative estimate of drug-likeness (QED) is 0.649. The second kappa shape index (κ2) is 3.35. The molecule has 0 spiro atoms. The van der Waals surface area contributed by atoms with Crippen molar-refractivity contribution in [2.75, 3.05) is 13.2 Å². The van der Waals surface area contributed by atoms with Crippen LogP contribution in [0.3, 0.4) is 0 Å². The minimum absolute atomic E-state index is 0.316. The first-order chi connectivity index (χ1) is 5.81. The molecular formula is C10H18O2. The Bertz CT molecular complexity index is 144. The van der Waals surface area contributed by atoms with Gasteiger partial charge in [0.2, 0.25) is 0 Å². The van der Waals surface area contributed by atoms with Gasteiger partial charge in [-0.05, 0) is 31.6 Å². The van der Waals surface area contributed by atoms with Crippen LogP contribution in [0.5, 0.6) is 0 Å². The average Bonchev–Trinajstić information content (AvgIpc) is 2.55. The van der Waals surface area contributed by atoms with Crippen molar-refractivity contribution in [3.63, 3.8) is 0 Å². The van der Waals surface area contributed by atoms with E-state index in [1.807, 2.05) is 0 Å². The maximum atomic E-state index is 10.3. The Hall–Kier alpha value is -0.0800. The minimum atomic E-state index is -0.316. The molecule has 1 saturated heterocycles. The lowest BCUT2D eigenvalue weighted by atomic mass is 9.81. The van der Waals surface area contributed by atoms with Gasteiger partial charge in [-0.2, -0.15) is 0 Å². The molecule has 70 valence electrons. The molecule has 1 aliphatic heterocycles. The first kappa shape index (κ1) is 8.52. The van der Waals surface area contributed by atoms with Gasteiger partial charge in [0, 0.05) is 13.2 Å². The zero-order chi connectivity index (χ0) is 8.44. The standard InChI is InChI=1S/C10H18O2/c11-10(5-1-2-6-10)9-3-7-12-8-4-9/h9,11H,1-8H2. The van der Waals surface area contributed by atoms with Crippen molar-refractivity contribution >= 4 is 0 Å². The van der Waals surface area contributed by atoms with Crippen molar-refractivity contribution in [3.8, 4) is 0 Å². The second-order valence-corrected chi connectivity index (χ2v) is 4.20. The summed E-state index contributed by atoms with van der Waals surface area (Å²) in [7, 11) is 0. The molecule has 1 heterocycles. The van der Waals surface area contributed by atoms with Gasteiger partial charge in [0.25, 0.3) is 0 Å². The van der Waals surface area contributed by atoms with Crippen LogP contribution < -0.4 is 0 Å². The van der Waals surface area contributed by atoms with Gasteiger partial charge < -0.3 is 9.84 Å². The first-order valence-corrected chi connectivity index (χ1v) is 5.11. The Labute approximate surface area is 73.9 Å². The molecule has 12 heavy (non-hydrogen) atoms. The van der Waals surface area contributed by atoms with Gasteiger partial charge in [-0.25, -0.2) is 0 Å². The van der Waals surface area contributed by atoms with E-state index in [9.17, 15) is 5.11 Å². The van der Waals surface area contributed by atoms with Crippen LogP contribution in [-0.2, 0) is 4.74 Å². The van der Waals surface area contributed by atoms with Crippen molar-refractivity contribution < 1.29 is 9.84 Å². The van der Waals surface area contributed by atoms with Crippen molar-refractivity contribution in [1.82, 2.24) is 0 Å². The Morgan fingerprint density at radius 3 is 2.25 bits per heavy atom. The molecule has 1 saturated carbocycles. The van der Waals surface area contributed by atoms with E-state index in [4.69, 9.17) is 4.74 Å². The molecule has 1 aliphatic carbocycles. The number of rotatable bonds is 1. The summed E-state index contributed by atoms with van der Waals surface area (Å²) in [6, 6.07) is 0.